The smallest absolute Gasteiger partial charge is 0.257 e. The van der Waals surface area contributed by atoms with E-state index >= 15 is 0 Å². The third kappa shape index (κ3) is 6.38. The Morgan fingerprint density at radius 2 is 1.60 bits per heavy atom. The second kappa shape index (κ2) is 12.2. The van der Waals surface area contributed by atoms with Gasteiger partial charge in [0.25, 0.3) is 5.91 Å². The van der Waals surface area contributed by atoms with Gasteiger partial charge in [0, 0.05) is 37.4 Å². The van der Waals surface area contributed by atoms with Gasteiger partial charge >= 0.3 is 0 Å². The summed E-state index contributed by atoms with van der Waals surface area (Å²) in [7, 11) is 2.08. The highest BCUT2D eigenvalue weighted by molar-refractivity contribution is 6.35. The summed E-state index contributed by atoms with van der Waals surface area (Å²) in [5.41, 5.74) is 15.7. The molecule has 40 heavy (non-hydrogen) atoms. The Bertz CT molecular complexity index is 1400. The quantitative estimate of drug-likeness (QED) is 0.300. The van der Waals surface area contributed by atoms with Gasteiger partial charge in [0.2, 0.25) is 5.91 Å². The van der Waals surface area contributed by atoms with Gasteiger partial charge in [-0.15, -0.1) is 0 Å². The molecule has 0 aromatic heterocycles. The number of amides is 2. The highest BCUT2D eigenvalue weighted by Crippen LogP contribution is 2.34. The van der Waals surface area contributed by atoms with Crippen molar-refractivity contribution in [2.24, 2.45) is 11.7 Å². The first kappa shape index (κ1) is 29.3. The van der Waals surface area contributed by atoms with Gasteiger partial charge in [-0.2, -0.15) is 0 Å². The number of nitrogen functional groups attached to an aromatic ring is 1. The molecule has 0 radical (unpaired) electrons. The highest BCUT2D eigenvalue weighted by atomic mass is 35.5. The first-order valence-electron chi connectivity index (χ1n) is 13.3. The standard InChI is InChI=1S/C30H36ClFN6O2/c1-17(2)28(34)30(40)35-21-8-5-19(6-9-21)20-7-10-25(38-13-11-37(4)12-14-38)24(15-20)36-29(39)22-16-23(33)27(32)18(3)26(22)31/h5-10,15-17,28H,11-14,33-34H2,1-4H3,(H,35,40)(H,36,39). The van der Waals surface area contributed by atoms with Gasteiger partial charge in [0.05, 0.1) is 33.7 Å². The molecule has 8 nitrogen and oxygen atoms in total. The Morgan fingerprint density at radius 1 is 0.975 bits per heavy atom. The maximum Gasteiger partial charge on any atom is 0.257 e. The lowest BCUT2D eigenvalue weighted by Crippen LogP contribution is -2.44. The molecule has 3 aromatic rings. The Labute approximate surface area is 239 Å². The van der Waals surface area contributed by atoms with E-state index in [0.29, 0.717) is 11.4 Å². The number of piperazine rings is 1. The number of benzene rings is 3. The average Bonchev–Trinajstić information content (AvgIpc) is 2.94. The van der Waals surface area contributed by atoms with Crippen LogP contribution in [0, 0.1) is 18.7 Å². The van der Waals surface area contributed by atoms with Gasteiger partial charge in [-0.3, -0.25) is 9.59 Å². The molecule has 1 aliphatic rings. The average molecular weight is 567 g/mol. The van der Waals surface area contributed by atoms with E-state index in [2.05, 4.69) is 27.5 Å². The first-order chi connectivity index (χ1) is 19.0. The molecule has 0 bridgehead atoms. The molecule has 1 saturated heterocycles. The van der Waals surface area contributed by atoms with Crippen molar-refractivity contribution in [1.82, 2.24) is 4.90 Å². The lowest BCUT2D eigenvalue weighted by Gasteiger charge is -2.35. The molecule has 1 heterocycles. The molecule has 10 heteroatoms. The van der Waals surface area contributed by atoms with Crippen molar-refractivity contribution < 1.29 is 14.0 Å². The number of nitrogens with one attached hydrogen (secondary N) is 2. The monoisotopic (exact) mass is 566 g/mol. The molecule has 212 valence electrons. The van der Waals surface area contributed by atoms with Gasteiger partial charge in [-0.1, -0.05) is 43.6 Å². The summed E-state index contributed by atoms with van der Waals surface area (Å²) in [5, 5.41) is 5.87. The minimum Gasteiger partial charge on any atom is -0.396 e. The number of nitrogens with zero attached hydrogens (tertiary/aromatic N) is 2. The molecule has 0 aliphatic carbocycles. The van der Waals surface area contributed by atoms with Crippen LogP contribution >= 0.6 is 11.6 Å². The molecule has 2 amide bonds. The number of halogens is 2. The predicted octanol–water partition coefficient (Wildman–Crippen LogP) is 4.96. The largest absolute Gasteiger partial charge is 0.396 e. The molecule has 1 unspecified atom stereocenters. The zero-order chi connectivity index (χ0) is 29.1. The molecule has 3 aromatic carbocycles. The fraction of sp³-hybridized carbons (Fsp3) is 0.333. The number of nitrogens with two attached hydrogens (primary N) is 2. The van der Waals surface area contributed by atoms with Crippen LogP contribution in [0.5, 0.6) is 0 Å². The number of anilines is 4. The summed E-state index contributed by atoms with van der Waals surface area (Å²) in [4.78, 5) is 30.2. The van der Waals surface area contributed by atoms with Gasteiger partial charge < -0.3 is 31.9 Å². The van der Waals surface area contributed by atoms with Crippen molar-refractivity contribution in [3.8, 4) is 11.1 Å². The number of rotatable bonds is 7. The van der Waals surface area contributed by atoms with Crippen LogP contribution in [-0.4, -0.2) is 56.0 Å². The van der Waals surface area contributed by atoms with Gasteiger partial charge in [-0.25, -0.2) is 4.39 Å². The molecule has 6 N–H and O–H groups in total. The molecule has 1 fully saturated rings. The van der Waals surface area contributed by atoms with Crippen LogP contribution in [0.4, 0.5) is 27.1 Å². The zero-order valence-electron chi connectivity index (χ0n) is 23.2. The van der Waals surface area contributed by atoms with Crippen LogP contribution in [0.1, 0.15) is 29.8 Å². The normalized spacial score (nSPS) is 14.8. The van der Waals surface area contributed by atoms with Gasteiger partial charge in [-0.05, 0) is 61.3 Å². The lowest BCUT2D eigenvalue weighted by atomic mass is 10.0. The van der Waals surface area contributed by atoms with E-state index in [1.807, 2.05) is 56.3 Å². The number of carbonyl (C=O) groups is 2. The van der Waals surface area contributed by atoms with E-state index in [1.165, 1.54) is 13.0 Å². The minimum absolute atomic E-state index is 0.0244. The summed E-state index contributed by atoms with van der Waals surface area (Å²) in [6.07, 6.45) is 0. The first-order valence-corrected chi connectivity index (χ1v) is 13.6. The summed E-state index contributed by atoms with van der Waals surface area (Å²) in [6, 6.07) is 14.0. The third-order valence-corrected chi connectivity index (χ3v) is 7.78. The van der Waals surface area contributed by atoms with Crippen LogP contribution in [0.2, 0.25) is 5.02 Å². The van der Waals surface area contributed by atoms with E-state index in [0.717, 1.165) is 43.0 Å². The molecular weight excluding hydrogens is 531 g/mol. The summed E-state index contributed by atoms with van der Waals surface area (Å²) in [5.74, 6) is -1.32. The Balaban J connectivity index is 1.65. The van der Waals surface area contributed by atoms with Crippen molar-refractivity contribution in [3.05, 3.63) is 70.5 Å². The fourth-order valence-corrected chi connectivity index (χ4v) is 4.79. The molecule has 1 atom stereocenters. The molecule has 0 spiro atoms. The number of hydrogen-bond donors (Lipinski definition) is 4. The molecule has 0 saturated carbocycles. The highest BCUT2D eigenvalue weighted by Gasteiger charge is 2.22. The van der Waals surface area contributed by atoms with Crippen LogP contribution in [-0.2, 0) is 4.79 Å². The number of hydrogen-bond acceptors (Lipinski definition) is 6. The second-order valence-electron chi connectivity index (χ2n) is 10.6. The Morgan fingerprint density at radius 3 is 2.23 bits per heavy atom. The molecular formula is C30H36ClFN6O2. The number of likely N-dealkylation sites (N-methyl/N-ethyl adjacent to an activating group) is 1. The predicted molar refractivity (Wildman–Crippen MR) is 162 cm³/mol. The van der Waals surface area contributed by atoms with E-state index in [9.17, 15) is 14.0 Å². The number of carbonyl (C=O) groups excluding carboxylic acids is 2. The SMILES string of the molecule is Cc1c(F)c(N)cc(C(=O)Nc2cc(-c3ccc(NC(=O)C(N)C(C)C)cc3)ccc2N2CCN(C)CC2)c1Cl. The van der Waals surface area contributed by atoms with Crippen molar-refractivity contribution >= 4 is 46.2 Å². The zero-order valence-corrected chi connectivity index (χ0v) is 24.0. The van der Waals surface area contributed by atoms with Gasteiger partial charge in [0.15, 0.2) is 5.82 Å². The van der Waals surface area contributed by atoms with Gasteiger partial charge in [0.1, 0.15) is 0 Å². The fourth-order valence-electron chi connectivity index (χ4n) is 4.57. The van der Waals surface area contributed by atoms with Crippen molar-refractivity contribution in [2.75, 3.05) is 54.5 Å². The van der Waals surface area contributed by atoms with E-state index in [-0.39, 0.29) is 33.7 Å². The summed E-state index contributed by atoms with van der Waals surface area (Å²) < 4.78 is 14.2. The van der Waals surface area contributed by atoms with Crippen molar-refractivity contribution in [1.29, 1.82) is 0 Å². The summed E-state index contributed by atoms with van der Waals surface area (Å²) >= 11 is 6.34. The third-order valence-electron chi connectivity index (χ3n) is 7.29. The lowest BCUT2D eigenvalue weighted by molar-refractivity contribution is -0.118. The maximum absolute atomic E-state index is 14.2. The molecule has 4 rings (SSSR count). The second-order valence-corrected chi connectivity index (χ2v) is 11.0. The van der Waals surface area contributed by atoms with Crippen molar-refractivity contribution in [3.63, 3.8) is 0 Å². The van der Waals surface area contributed by atoms with E-state index in [4.69, 9.17) is 23.1 Å². The Kier molecular flexibility index (Phi) is 8.98. The summed E-state index contributed by atoms with van der Waals surface area (Å²) in [6.45, 7) is 8.67. The topological polar surface area (TPSA) is 117 Å². The van der Waals surface area contributed by atoms with Crippen LogP contribution in [0.15, 0.2) is 48.5 Å². The van der Waals surface area contributed by atoms with Crippen molar-refractivity contribution in [2.45, 2.75) is 26.8 Å². The van der Waals surface area contributed by atoms with Crippen LogP contribution < -0.4 is 27.0 Å². The maximum atomic E-state index is 14.2. The Hall–Kier alpha value is -3.66. The molecule has 1 aliphatic heterocycles. The van der Waals surface area contributed by atoms with E-state index in [1.54, 1.807) is 0 Å². The minimum atomic E-state index is -0.632. The van der Waals surface area contributed by atoms with Crippen LogP contribution in [0.3, 0.4) is 0 Å². The van der Waals surface area contributed by atoms with E-state index < -0.39 is 17.8 Å². The van der Waals surface area contributed by atoms with Crippen LogP contribution in [0.25, 0.3) is 11.1 Å².